The minimum Gasteiger partial charge on any atom is -0.489 e. The number of nitriles is 1. The first kappa shape index (κ1) is 41.1. The molecule has 1 aromatic heterocycles. The molecule has 2 aromatic carbocycles. The quantitative estimate of drug-likeness (QED) is 0.302. The van der Waals surface area contributed by atoms with Gasteiger partial charge in [-0.3, -0.25) is 38.7 Å². The van der Waals surface area contributed by atoms with Gasteiger partial charge in [0.15, 0.2) is 17.3 Å². The number of benzene rings is 2. The maximum absolute atomic E-state index is 16.5. The Hall–Kier alpha value is -5.66. The lowest BCUT2D eigenvalue weighted by Crippen LogP contribution is -2.77. The van der Waals surface area contributed by atoms with E-state index in [9.17, 15) is 29.2 Å². The van der Waals surface area contributed by atoms with Crippen LogP contribution in [0, 0.1) is 33.9 Å². The van der Waals surface area contributed by atoms with Crippen LogP contribution in [0.2, 0.25) is 5.02 Å². The third-order valence-electron chi connectivity index (χ3n) is 13.1. The Morgan fingerprint density at radius 2 is 1.60 bits per heavy atom. The van der Waals surface area contributed by atoms with Crippen molar-refractivity contribution in [2.75, 3.05) is 55.6 Å². The molecule has 2 N–H and O–H groups in total. The van der Waals surface area contributed by atoms with Gasteiger partial charge in [-0.1, -0.05) is 39.3 Å². The molecule has 4 aliphatic heterocycles. The molecule has 1 aliphatic carbocycles. The van der Waals surface area contributed by atoms with E-state index in [1.807, 2.05) is 38.7 Å². The molecule has 3 saturated heterocycles. The lowest BCUT2D eigenvalue weighted by atomic mass is 9.48. The molecule has 1 saturated carbocycles. The van der Waals surface area contributed by atoms with Gasteiger partial charge >= 0.3 is 0 Å². The van der Waals surface area contributed by atoms with Gasteiger partial charge in [0, 0.05) is 69.1 Å². The van der Waals surface area contributed by atoms with Gasteiger partial charge < -0.3 is 20.3 Å². The smallest absolute Gasteiger partial charge is 0.269 e. The van der Waals surface area contributed by atoms with Crippen LogP contribution in [-0.2, 0) is 9.59 Å². The van der Waals surface area contributed by atoms with Gasteiger partial charge in [-0.05, 0) is 61.6 Å². The molecule has 8 rings (SSSR count). The molecule has 5 heterocycles. The Labute approximate surface area is 352 Å². The van der Waals surface area contributed by atoms with Crippen molar-refractivity contribution in [2.45, 2.75) is 71.6 Å². The van der Waals surface area contributed by atoms with E-state index in [1.165, 1.54) is 17.0 Å². The van der Waals surface area contributed by atoms with Crippen LogP contribution in [0.3, 0.4) is 0 Å². The maximum Gasteiger partial charge on any atom is 0.269 e. The summed E-state index contributed by atoms with van der Waals surface area (Å²) in [6, 6.07) is 11.2. The number of amides is 5. The molecule has 0 radical (unpaired) electrons. The van der Waals surface area contributed by atoms with Crippen LogP contribution in [0.5, 0.6) is 5.75 Å². The number of hydrogen-bond donors (Lipinski definition) is 1. The zero-order chi connectivity index (χ0) is 42.8. The Kier molecular flexibility index (Phi) is 10.6. The van der Waals surface area contributed by atoms with Crippen LogP contribution in [-0.4, -0.2) is 118 Å². The first-order valence-electron chi connectivity index (χ1n) is 20.3. The summed E-state index contributed by atoms with van der Waals surface area (Å²) in [5.41, 5.74) is 3.97. The molecule has 60 heavy (non-hydrogen) atoms. The van der Waals surface area contributed by atoms with Gasteiger partial charge in [0.1, 0.15) is 24.0 Å². The summed E-state index contributed by atoms with van der Waals surface area (Å²) < 4.78 is 22.8. The van der Waals surface area contributed by atoms with Gasteiger partial charge in [0.2, 0.25) is 5.91 Å². The second kappa shape index (κ2) is 15.4. The fraction of sp³-hybridized carbons (Fsp3) is 0.488. The van der Waals surface area contributed by atoms with E-state index in [0.29, 0.717) is 49.2 Å². The summed E-state index contributed by atoms with van der Waals surface area (Å²) in [5, 5.41) is 17.6. The number of carbonyl (C=O) groups is 5. The number of piperazine rings is 1. The SMILES string of the molecule is CC1(C)C(Oc2ccc(C#N)c(Cl)c2)C(C)(C)C1N1C(=O)CCC(N2C(=O)c3ccc(N4CCN(CC5CCN(c6ccc(C(N)=O)nn6)CC5)CC4)c(F)c3C2=O)C1=O. The van der Waals surface area contributed by atoms with Crippen LogP contribution in [0.25, 0.3) is 0 Å². The van der Waals surface area contributed by atoms with Crippen molar-refractivity contribution in [3.05, 3.63) is 75.7 Å². The van der Waals surface area contributed by atoms with E-state index >= 15 is 4.39 Å². The second-order valence-corrected chi connectivity index (χ2v) is 18.0. The topological polar surface area (TPSA) is 186 Å². The molecule has 5 amide bonds. The minimum absolute atomic E-state index is 0.0650. The van der Waals surface area contributed by atoms with E-state index in [-0.39, 0.29) is 40.4 Å². The fourth-order valence-electron chi connectivity index (χ4n) is 10.5. The molecular weight excluding hydrogens is 793 g/mol. The standard InChI is InChI=1S/C43H47ClFN9O6/c1-42(2)40(43(3,4)41(42)60-26-6-5-25(22-46)28(44)21-26)54-33(55)12-10-31(38(54)58)53-37(57)27-7-9-30(35(45)34(27)39(53)59)51-19-17-50(18-20-51)23-24-13-15-52(16-14-24)32-11-8-29(36(47)56)48-49-32/h5-9,11,21,24,31,40-41H,10,12-20,23H2,1-4H3,(H2,47,56). The summed E-state index contributed by atoms with van der Waals surface area (Å²) in [6.45, 7) is 12.5. The van der Waals surface area contributed by atoms with Gasteiger partial charge in [-0.2, -0.15) is 5.26 Å². The predicted molar refractivity (Wildman–Crippen MR) is 218 cm³/mol. The summed E-state index contributed by atoms with van der Waals surface area (Å²) in [6.07, 6.45) is 1.29. The zero-order valence-electron chi connectivity index (χ0n) is 34.0. The number of imide groups is 2. The molecule has 5 aliphatic rings. The first-order valence-corrected chi connectivity index (χ1v) is 20.7. The summed E-state index contributed by atoms with van der Waals surface area (Å²) in [4.78, 5) is 75.7. The molecule has 1 unspecified atom stereocenters. The Bertz CT molecular complexity index is 2300. The average molecular weight is 840 g/mol. The number of fused-ring (bicyclic) bond motifs is 1. The van der Waals surface area contributed by atoms with Gasteiger partial charge in [-0.25, -0.2) is 4.39 Å². The molecule has 15 nitrogen and oxygen atoms in total. The van der Waals surface area contributed by atoms with E-state index in [1.54, 1.807) is 30.3 Å². The number of nitrogens with two attached hydrogens (primary N) is 1. The van der Waals surface area contributed by atoms with Crippen molar-refractivity contribution < 1.29 is 33.1 Å². The van der Waals surface area contributed by atoms with Crippen molar-refractivity contribution in [2.24, 2.45) is 22.5 Å². The highest BCUT2D eigenvalue weighted by molar-refractivity contribution is 6.31. The van der Waals surface area contributed by atoms with E-state index in [2.05, 4.69) is 20.0 Å². The first-order chi connectivity index (χ1) is 28.5. The van der Waals surface area contributed by atoms with Crippen molar-refractivity contribution in [3.8, 4) is 11.8 Å². The molecular formula is C43H47ClFN9O6. The molecule has 17 heteroatoms. The van der Waals surface area contributed by atoms with E-state index in [4.69, 9.17) is 22.1 Å². The molecule has 0 bridgehead atoms. The zero-order valence-corrected chi connectivity index (χ0v) is 34.7. The number of primary amides is 1. The Balaban J connectivity index is 0.904. The maximum atomic E-state index is 16.5. The number of likely N-dealkylation sites (tertiary alicyclic amines) is 1. The average Bonchev–Trinajstić information content (AvgIpc) is 3.48. The van der Waals surface area contributed by atoms with Crippen LogP contribution in [0.1, 0.15) is 90.1 Å². The van der Waals surface area contributed by atoms with Crippen molar-refractivity contribution >= 4 is 52.6 Å². The van der Waals surface area contributed by atoms with Gasteiger partial charge in [0.25, 0.3) is 23.6 Å². The highest BCUT2D eigenvalue weighted by Crippen LogP contribution is 2.58. The summed E-state index contributed by atoms with van der Waals surface area (Å²) >= 11 is 6.26. The normalized spacial score (nSPS) is 24.3. The fourth-order valence-corrected chi connectivity index (χ4v) is 10.7. The Morgan fingerprint density at radius 1 is 0.900 bits per heavy atom. The number of anilines is 2. The summed E-state index contributed by atoms with van der Waals surface area (Å²) in [7, 11) is 0. The predicted octanol–water partition coefficient (Wildman–Crippen LogP) is 4.27. The number of nitrogens with zero attached hydrogens (tertiary/aromatic N) is 8. The summed E-state index contributed by atoms with van der Waals surface area (Å²) in [5.74, 6) is -2.53. The number of aromatic nitrogens is 2. The molecule has 314 valence electrons. The largest absolute Gasteiger partial charge is 0.489 e. The molecule has 4 fully saturated rings. The lowest BCUT2D eigenvalue weighted by Gasteiger charge is -2.65. The number of hydrogen-bond acceptors (Lipinski definition) is 12. The van der Waals surface area contributed by atoms with Crippen LogP contribution < -0.4 is 20.3 Å². The third-order valence-corrected chi connectivity index (χ3v) is 13.5. The second-order valence-electron chi connectivity index (χ2n) is 17.6. The van der Waals surface area contributed by atoms with Crippen LogP contribution in [0.15, 0.2) is 42.5 Å². The number of rotatable bonds is 9. The van der Waals surface area contributed by atoms with Gasteiger partial charge in [-0.15, -0.1) is 10.2 Å². The van der Waals surface area contributed by atoms with Gasteiger partial charge in [0.05, 0.1) is 33.4 Å². The number of carbonyl (C=O) groups excluding carboxylic acids is 5. The van der Waals surface area contributed by atoms with Crippen LogP contribution >= 0.6 is 11.6 Å². The van der Waals surface area contributed by atoms with Crippen molar-refractivity contribution in [1.29, 1.82) is 5.26 Å². The number of ether oxygens (including phenoxy) is 1. The molecule has 0 spiro atoms. The monoisotopic (exact) mass is 839 g/mol. The van der Waals surface area contributed by atoms with E-state index < -0.39 is 64.4 Å². The molecule has 3 aromatic rings. The molecule has 1 atom stereocenters. The lowest BCUT2D eigenvalue weighted by molar-refractivity contribution is -0.216. The van der Waals surface area contributed by atoms with Crippen LogP contribution in [0.4, 0.5) is 15.9 Å². The van der Waals surface area contributed by atoms with Crippen molar-refractivity contribution in [1.82, 2.24) is 24.9 Å². The number of halogens is 2. The van der Waals surface area contributed by atoms with E-state index in [0.717, 1.165) is 37.4 Å². The Morgan fingerprint density at radius 3 is 2.22 bits per heavy atom. The highest BCUT2D eigenvalue weighted by Gasteiger charge is 2.68. The number of piperidine rings is 2. The third kappa shape index (κ3) is 6.91. The van der Waals surface area contributed by atoms with Crippen molar-refractivity contribution in [3.63, 3.8) is 0 Å². The minimum atomic E-state index is -1.28. The highest BCUT2D eigenvalue weighted by atomic mass is 35.5.